The van der Waals surface area contributed by atoms with Crippen LogP contribution >= 0.6 is 0 Å². The maximum Gasteiger partial charge on any atom is 0.333 e. The van der Waals surface area contributed by atoms with Crippen LogP contribution in [0.2, 0.25) is 0 Å². The van der Waals surface area contributed by atoms with Crippen LogP contribution < -0.4 is 11.2 Å². The van der Waals surface area contributed by atoms with Gasteiger partial charge in [0.1, 0.15) is 6.54 Å². The third-order valence-electron chi connectivity index (χ3n) is 6.17. The molecule has 3 aromatic rings. The van der Waals surface area contributed by atoms with Crippen molar-refractivity contribution in [3.05, 3.63) is 63.1 Å². The summed E-state index contributed by atoms with van der Waals surface area (Å²) >= 11 is 0. The van der Waals surface area contributed by atoms with Crippen LogP contribution in [0.15, 0.2) is 46.2 Å². The van der Waals surface area contributed by atoms with Gasteiger partial charge in [-0.3, -0.25) is 14.2 Å². The number of carbonyl (C=O) groups excluding carboxylic acids is 1. The molecule has 0 saturated carbocycles. The van der Waals surface area contributed by atoms with E-state index in [1.54, 1.807) is 10.9 Å². The van der Waals surface area contributed by atoms with Gasteiger partial charge in [0.25, 0.3) is 5.56 Å². The number of rotatable bonds is 7. The molecule has 3 heterocycles. The van der Waals surface area contributed by atoms with E-state index in [2.05, 4.69) is 4.98 Å². The van der Waals surface area contributed by atoms with E-state index in [0.29, 0.717) is 13.0 Å². The van der Waals surface area contributed by atoms with Crippen molar-refractivity contribution in [1.29, 1.82) is 0 Å². The van der Waals surface area contributed by atoms with E-state index in [4.69, 9.17) is 0 Å². The summed E-state index contributed by atoms with van der Waals surface area (Å²) in [5, 5.41) is 0. The highest BCUT2D eigenvalue weighted by molar-refractivity contribution is 7.91. The van der Waals surface area contributed by atoms with Crippen molar-refractivity contribution in [3.8, 4) is 0 Å². The molecule has 0 bridgehead atoms. The summed E-state index contributed by atoms with van der Waals surface area (Å²) in [7, 11) is -1.67. The minimum absolute atomic E-state index is 0.0272. The highest BCUT2D eigenvalue weighted by atomic mass is 32.2. The Bertz CT molecular complexity index is 1440. The number of benzene rings is 1. The lowest BCUT2D eigenvalue weighted by atomic mass is 10.2. The standard InChI is InChI=1S/C23H29N5O5S/c1-16(2)11-26-15-24-21-20(26)22(30)28(23(31)27(21)12-17-7-5-4-6-8-17)13-19(29)25(3)18-9-10-34(32,33)14-18/h4-8,15-16,18H,9-14H2,1-3H3. The molecule has 2 aromatic heterocycles. The third kappa shape index (κ3) is 4.70. The van der Waals surface area contributed by atoms with Gasteiger partial charge in [-0.15, -0.1) is 0 Å². The summed E-state index contributed by atoms with van der Waals surface area (Å²) in [6.45, 7) is 4.28. The number of likely N-dealkylation sites (N-methyl/N-ethyl adjacent to an activating group) is 1. The van der Waals surface area contributed by atoms with Crippen molar-refractivity contribution in [1.82, 2.24) is 23.6 Å². The van der Waals surface area contributed by atoms with E-state index < -0.39 is 39.6 Å². The van der Waals surface area contributed by atoms with Crippen molar-refractivity contribution in [2.45, 2.75) is 45.9 Å². The van der Waals surface area contributed by atoms with Crippen LogP contribution in [0.3, 0.4) is 0 Å². The maximum absolute atomic E-state index is 13.4. The molecule has 1 aromatic carbocycles. The number of hydrogen-bond acceptors (Lipinski definition) is 6. The number of carbonyl (C=O) groups is 1. The molecule has 11 heteroatoms. The first-order valence-electron chi connectivity index (χ1n) is 11.3. The van der Waals surface area contributed by atoms with Crippen molar-refractivity contribution in [2.75, 3.05) is 18.6 Å². The Morgan fingerprint density at radius 3 is 2.50 bits per heavy atom. The zero-order valence-electron chi connectivity index (χ0n) is 19.5. The van der Waals surface area contributed by atoms with Crippen LogP contribution in [-0.2, 0) is 34.3 Å². The molecular formula is C23H29N5O5S. The number of aromatic nitrogens is 4. The van der Waals surface area contributed by atoms with Crippen molar-refractivity contribution in [3.63, 3.8) is 0 Å². The summed E-state index contributed by atoms with van der Waals surface area (Å²) in [4.78, 5) is 45.6. The number of hydrogen-bond donors (Lipinski definition) is 0. The molecule has 0 N–H and O–H groups in total. The Balaban J connectivity index is 1.78. The first-order valence-corrected chi connectivity index (χ1v) is 13.1. The van der Waals surface area contributed by atoms with Gasteiger partial charge in [-0.2, -0.15) is 0 Å². The lowest BCUT2D eigenvalue weighted by molar-refractivity contribution is -0.132. The fourth-order valence-corrected chi connectivity index (χ4v) is 6.12. The Hall–Kier alpha value is -3.21. The van der Waals surface area contributed by atoms with Crippen molar-refractivity contribution < 1.29 is 13.2 Å². The number of nitrogens with zero attached hydrogens (tertiary/aromatic N) is 5. The summed E-state index contributed by atoms with van der Waals surface area (Å²) in [6.07, 6.45) is 1.90. The van der Waals surface area contributed by atoms with E-state index in [1.165, 1.54) is 16.5 Å². The van der Waals surface area contributed by atoms with E-state index in [9.17, 15) is 22.8 Å². The molecule has 1 fully saturated rings. The van der Waals surface area contributed by atoms with Gasteiger partial charge in [0.05, 0.1) is 24.4 Å². The Morgan fingerprint density at radius 1 is 1.18 bits per heavy atom. The lowest BCUT2D eigenvalue weighted by Gasteiger charge is -2.24. The fraction of sp³-hybridized carbons (Fsp3) is 0.478. The lowest BCUT2D eigenvalue weighted by Crippen LogP contribution is -2.47. The molecule has 0 spiro atoms. The zero-order chi connectivity index (χ0) is 24.6. The summed E-state index contributed by atoms with van der Waals surface area (Å²) in [5.74, 6) is -0.333. The molecule has 1 amide bonds. The average Bonchev–Trinajstić information content (AvgIpc) is 3.36. The molecule has 4 rings (SSSR count). The molecular weight excluding hydrogens is 458 g/mol. The SMILES string of the molecule is CC(C)Cn1cnc2c1c(=O)n(CC(=O)N(C)C1CCS(=O)(=O)C1)c(=O)n2Cc1ccccc1. The van der Waals surface area contributed by atoms with Crippen molar-refractivity contribution >= 4 is 26.9 Å². The van der Waals surface area contributed by atoms with Gasteiger partial charge in [-0.05, 0) is 17.9 Å². The van der Waals surface area contributed by atoms with E-state index in [1.807, 2.05) is 44.2 Å². The minimum atomic E-state index is -3.18. The molecule has 0 aliphatic carbocycles. The number of sulfone groups is 1. The highest BCUT2D eigenvalue weighted by Gasteiger charge is 2.33. The van der Waals surface area contributed by atoms with Crippen LogP contribution in [0.4, 0.5) is 0 Å². The summed E-state index contributed by atoms with van der Waals surface area (Å²) in [5.41, 5.74) is 0.191. The van der Waals surface area contributed by atoms with Crippen LogP contribution in [0, 0.1) is 5.92 Å². The Labute approximate surface area is 197 Å². The third-order valence-corrected chi connectivity index (χ3v) is 7.92. The van der Waals surface area contributed by atoms with E-state index in [-0.39, 0.29) is 35.1 Å². The molecule has 182 valence electrons. The molecule has 34 heavy (non-hydrogen) atoms. The number of imidazole rings is 1. The molecule has 1 unspecified atom stereocenters. The Morgan fingerprint density at radius 2 is 1.88 bits per heavy atom. The van der Waals surface area contributed by atoms with Crippen LogP contribution in [0.25, 0.3) is 11.2 Å². The fourth-order valence-electron chi connectivity index (χ4n) is 4.35. The molecule has 1 saturated heterocycles. The number of amides is 1. The molecule has 10 nitrogen and oxygen atoms in total. The molecule has 1 atom stereocenters. The topological polar surface area (TPSA) is 116 Å². The first kappa shape index (κ1) is 23.9. The van der Waals surface area contributed by atoms with Gasteiger partial charge >= 0.3 is 5.69 Å². The van der Waals surface area contributed by atoms with Crippen molar-refractivity contribution in [2.24, 2.45) is 5.92 Å². The van der Waals surface area contributed by atoms with E-state index >= 15 is 0 Å². The normalized spacial score (nSPS) is 17.5. The monoisotopic (exact) mass is 487 g/mol. The van der Waals surface area contributed by atoms with Crippen LogP contribution in [0.5, 0.6) is 0 Å². The second-order valence-corrected chi connectivity index (χ2v) is 11.5. The van der Waals surface area contributed by atoms with Crippen LogP contribution in [0.1, 0.15) is 25.8 Å². The molecule has 1 aliphatic heterocycles. The minimum Gasteiger partial charge on any atom is -0.340 e. The van der Waals surface area contributed by atoms with Gasteiger partial charge < -0.3 is 9.47 Å². The summed E-state index contributed by atoms with van der Waals surface area (Å²) < 4.78 is 27.7. The van der Waals surface area contributed by atoms with Gasteiger partial charge in [-0.1, -0.05) is 44.2 Å². The first-order chi connectivity index (χ1) is 16.1. The van der Waals surface area contributed by atoms with E-state index in [0.717, 1.165) is 10.1 Å². The number of fused-ring (bicyclic) bond motifs is 1. The quantitative estimate of drug-likeness (QED) is 0.485. The predicted octanol–water partition coefficient (Wildman–Crippen LogP) is 0.710. The smallest absolute Gasteiger partial charge is 0.333 e. The second kappa shape index (κ2) is 9.21. The average molecular weight is 488 g/mol. The van der Waals surface area contributed by atoms with Gasteiger partial charge in [0.2, 0.25) is 5.91 Å². The van der Waals surface area contributed by atoms with Gasteiger partial charge in [0.15, 0.2) is 21.0 Å². The van der Waals surface area contributed by atoms with Crippen LogP contribution in [-0.4, -0.2) is 62.5 Å². The van der Waals surface area contributed by atoms with Gasteiger partial charge in [0, 0.05) is 19.6 Å². The largest absolute Gasteiger partial charge is 0.340 e. The maximum atomic E-state index is 13.4. The van der Waals surface area contributed by atoms with Gasteiger partial charge in [-0.25, -0.2) is 22.8 Å². The zero-order valence-corrected chi connectivity index (χ0v) is 20.4. The molecule has 0 radical (unpaired) electrons. The second-order valence-electron chi connectivity index (χ2n) is 9.27. The molecule has 1 aliphatic rings. The predicted molar refractivity (Wildman–Crippen MR) is 128 cm³/mol. The Kier molecular flexibility index (Phi) is 6.48. The highest BCUT2D eigenvalue weighted by Crippen LogP contribution is 2.17. The summed E-state index contributed by atoms with van der Waals surface area (Å²) in [6, 6.07) is 8.88.